The summed E-state index contributed by atoms with van der Waals surface area (Å²) in [5.41, 5.74) is 1.67. The molecule has 0 saturated heterocycles. The molecule has 2 nitrogen and oxygen atoms in total. The van der Waals surface area contributed by atoms with Crippen LogP contribution in [0.4, 0.5) is 15.2 Å². The van der Waals surface area contributed by atoms with Crippen molar-refractivity contribution in [1.29, 1.82) is 0 Å². The summed E-state index contributed by atoms with van der Waals surface area (Å²) >= 11 is 1.51. The predicted molar refractivity (Wildman–Crippen MR) is 69.3 cm³/mol. The van der Waals surface area contributed by atoms with Gasteiger partial charge in [0.2, 0.25) is 0 Å². The maximum absolute atomic E-state index is 13.0. The number of rotatable bonds is 2. The van der Waals surface area contributed by atoms with Gasteiger partial charge >= 0.3 is 0 Å². The number of nitrogens with zero attached hydrogens (tertiary/aromatic N) is 1. The Hall–Kier alpha value is -1.94. The number of hydrogen-bond acceptors (Lipinski definition) is 3. The van der Waals surface area contributed by atoms with Gasteiger partial charge in [-0.15, -0.1) is 0 Å². The van der Waals surface area contributed by atoms with Crippen molar-refractivity contribution in [3.8, 4) is 0 Å². The van der Waals surface area contributed by atoms with Crippen molar-refractivity contribution in [2.75, 3.05) is 5.32 Å². The molecule has 0 unspecified atom stereocenters. The minimum atomic E-state index is -0.255. The van der Waals surface area contributed by atoms with Crippen LogP contribution in [0.1, 0.15) is 0 Å². The summed E-state index contributed by atoms with van der Waals surface area (Å²) in [6, 6.07) is 14.4. The molecule has 1 heterocycles. The molecule has 0 aliphatic carbocycles. The van der Waals surface area contributed by atoms with E-state index < -0.39 is 0 Å². The Morgan fingerprint density at radius 3 is 2.71 bits per heavy atom. The molecule has 0 fully saturated rings. The molecule has 2 aromatic carbocycles. The fraction of sp³-hybridized carbons (Fsp3) is 0. The highest BCUT2D eigenvalue weighted by Gasteiger charge is 2.04. The molecule has 17 heavy (non-hydrogen) atoms. The Bertz CT molecular complexity index is 649. The van der Waals surface area contributed by atoms with Crippen molar-refractivity contribution in [2.45, 2.75) is 0 Å². The molecule has 0 saturated carbocycles. The zero-order valence-corrected chi connectivity index (χ0v) is 9.67. The van der Waals surface area contributed by atoms with E-state index in [4.69, 9.17) is 0 Å². The summed E-state index contributed by atoms with van der Waals surface area (Å²) < 4.78 is 14.0. The number of nitrogens with one attached hydrogen (secondary N) is 1. The first-order valence-corrected chi connectivity index (χ1v) is 6.01. The van der Waals surface area contributed by atoms with E-state index in [2.05, 4.69) is 10.3 Å². The number of thiazole rings is 1. The normalized spacial score (nSPS) is 10.6. The second kappa shape index (κ2) is 4.14. The summed E-state index contributed by atoms with van der Waals surface area (Å²) in [5.74, 6) is -0.255. The largest absolute Gasteiger partial charge is 0.332 e. The van der Waals surface area contributed by atoms with E-state index in [0.717, 1.165) is 15.5 Å². The number of anilines is 2. The van der Waals surface area contributed by atoms with E-state index in [1.54, 1.807) is 6.07 Å². The van der Waals surface area contributed by atoms with Crippen LogP contribution < -0.4 is 5.32 Å². The molecule has 84 valence electrons. The highest BCUT2D eigenvalue weighted by molar-refractivity contribution is 7.22. The highest BCUT2D eigenvalue weighted by atomic mass is 32.1. The third-order valence-corrected chi connectivity index (χ3v) is 3.33. The molecule has 3 rings (SSSR count). The molecule has 0 radical (unpaired) electrons. The van der Waals surface area contributed by atoms with Gasteiger partial charge in [-0.25, -0.2) is 9.37 Å². The second-order valence-corrected chi connectivity index (χ2v) is 4.65. The number of halogens is 1. The fourth-order valence-electron chi connectivity index (χ4n) is 1.60. The zero-order valence-electron chi connectivity index (χ0n) is 8.85. The van der Waals surface area contributed by atoms with Crippen molar-refractivity contribution >= 4 is 32.4 Å². The first-order chi connectivity index (χ1) is 8.31. The third kappa shape index (κ3) is 2.12. The predicted octanol–water partition coefficient (Wildman–Crippen LogP) is 4.18. The van der Waals surface area contributed by atoms with Gasteiger partial charge in [0.25, 0.3) is 0 Å². The molecule has 0 atom stereocenters. The smallest absolute Gasteiger partial charge is 0.188 e. The molecule has 0 spiro atoms. The lowest BCUT2D eigenvalue weighted by Gasteiger charge is -1.99. The van der Waals surface area contributed by atoms with Crippen molar-refractivity contribution in [1.82, 2.24) is 4.98 Å². The van der Waals surface area contributed by atoms with Gasteiger partial charge in [0.15, 0.2) is 5.13 Å². The van der Waals surface area contributed by atoms with Gasteiger partial charge < -0.3 is 5.32 Å². The van der Waals surface area contributed by atoms with E-state index in [1.165, 1.54) is 23.5 Å². The Morgan fingerprint density at radius 1 is 1.06 bits per heavy atom. The SMILES string of the molecule is Fc1ccc2sc(Nc3ccccc3)nc2c1. The summed E-state index contributed by atoms with van der Waals surface area (Å²) in [5, 5.41) is 3.97. The van der Waals surface area contributed by atoms with Gasteiger partial charge in [-0.05, 0) is 24.3 Å². The van der Waals surface area contributed by atoms with Crippen LogP contribution in [0, 0.1) is 5.82 Å². The lowest BCUT2D eigenvalue weighted by atomic mass is 10.3. The van der Waals surface area contributed by atoms with E-state index in [9.17, 15) is 4.39 Å². The first kappa shape index (κ1) is 10.2. The molecular formula is C13H9FN2S. The minimum absolute atomic E-state index is 0.255. The van der Waals surface area contributed by atoms with Crippen LogP contribution in [0.5, 0.6) is 0 Å². The van der Waals surface area contributed by atoms with E-state index in [0.29, 0.717) is 5.52 Å². The van der Waals surface area contributed by atoms with Crippen LogP contribution >= 0.6 is 11.3 Å². The summed E-state index contributed by atoms with van der Waals surface area (Å²) in [7, 11) is 0. The van der Waals surface area contributed by atoms with Gasteiger partial charge in [-0.3, -0.25) is 0 Å². The Balaban J connectivity index is 1.96. The highest BCUT2D eigenvalue weighted by Crippen LogP contribution is 2.28. The first-order valence-electron chi connectivity index (χ1n) is 5.19. The van der Waals surface area contributed by atoms with Crippen molar-refractivity contribution in [2.24, 2.45) is 0 Å². The van der Waals surface area contributed by atoms with Crippen LogP contribution in [0.25, 0.3) is 10.2 Å². The van der Waals surface area contributed by atoms with Crippen molar-refractivity contribution in [3.63, 3.8) is 0 Å². The number of fused-ring (bicyclic) bond motifs is 1. The van der Waals surface area contributed by atoms with Crippen LogP contribution in [0.3, 0.4) is 0 Å². The van der Waals surface area contributed by atoms with Gasteiger partial charge in [-0.2, -0.15) is 0 Å². The molecule has 4 heteroatoms. The molecule has 0 aliphatic heterocycles. The van der Waals surface area contributed by atoms with E-state index >= 15 is 0 Å². The zero-order chi connectivity index (χ0) is 11.7. The molecule has 1 N–H and O–H groups in total. The quantitative estimate of drug-likeness (QED) is 0.731. The van der Waals surface area contributed by atoms with Crippen molar-refractivity contribution < 1.29 is 4.39 Å². The minimum Gasteiger partial charge on any atom is -0.332 e. The van der Waals surface area contributed by atoms with Crippen LogP contribution in [-0.2, 0) is 0 Å². The molecular weight excluding hydrogens is 235 g/mol. The summed E-state index contributed by atoms with van der Waals surface area (Å²) in [6.07, 6.45) is 0. The number of benzene rings is 2. The summed E-state index contributed by atoms with van der Waals surface area (Å²) in [4.78, 5) is 4.34. The fourth-order valence-corrected chi connectivity index (χ4v) is 2.47. The van der Waals surface area contributed by atoms with E-state index in [1.807, 2.05) is 30.3 Å². The molecule has 0 aliphatic rings. The van der Waals surface area contributed by atoms with Crippen LogP contribution in [-0.4, -0.2) is 4.98 Å². The van der Waals surface area contributed by atoms with Gasteiger partial charge in [0.1, 0.15) is 5.82 Å². The molecule has 0 bridgehead atoms. The average molecular weight is 244 g/mol. The van der Waals surface area contributed by atoms with Gasteiger partial charge in [-0.1, -0.05) is 29.5 Å². The number of aromatic nitrogens is 1. The standard InChI is InChI=1S/C13H9FN2S/c14-9-6-7-12-11(8-9)16-13(17-12)15-10-4-2-1-3-5-10/h1-8H,(H,15,16). The third-order valence-electron chi connectivity index (χ3n) is 2.37. The average Bonchev–Trinajstić information content (AvgIpc) is 2.71. The number of hydrogen-bond donors (Lipinski definition) is 1. The number of para-hydroxylation sites is 1. The molecule has 3 aromatic rings. The maximum atomic E-state index is 13.0. The second-order valence-electron chi connectivity index (χ2n) is 3.62. The van der Waals surface area contributed by atoms with E-state index in [-0.39, 0.29) is 5.82 Å². The Kier molecular flexibility index (Phi) is 2.49. The maximum Gasteiger partial charge on any atom is 0.188 e. The lowest BCUT2D eigenvalue weighted by Crippen LogP contribution is -1.87. The van der Waals surface area contributed by atoms with Crippen LogP contribution in [0.15, 0.2) is 48.5 Å². The topological polar surface area (TPSA) is 24.9 Å². The molecule has 1 aromatic heterocycles. The Morgan fingerprint density at radius 2 is 1.88 bits per heavy atom. The molecule has 0 amide bonds. The van der Waals surface area contributed by atoms with Crippen LogP contribution in [0.2, 0.25) is 0 Å². The van der Waals surface area contributed by atoms with Gasteiger partial charge in [0.05, 0.1) is 10.2 Å². The Labute approximate surface area is 102 Å². The van der Waals surface area contributed by atoms with Gasteiger partial charge in [0, 0.05) is 11.8 Å². The van der Waals surface area contributed by atoms with Crippen molar-refractivity contribution in [3.05, 3.63) is 54.3 Å². The summed E-state index contributed by atoms with van der Waals surface area (Å²) in [6.45, 7) is 0. The lowest BCUT2D eigenvalue weighted by molar-refractivity contribution is 0.629. The monoisotopic (exact) mass is 244 g/mol.